The van der Waals surface area contributed by atoms with Crippen LogP contribution in [-0.4, -0.2) is 48.0 Å². The Morgan fingerprint density at radius 2 is 1.97 bits per heavy atom. The van der Waals surface area contributed by atoms with Gasteiger partial charge < -0.3 is 15.6 Å². The Hall–Kier alpha value is -3.40. The molecule has 3 N–H and O–H groups in total. The van der Waals surface area contributed by atoms with Crippen molar-refractivity contribution >= 4 is 16.9 Å². The van der Waals surface area contributed by atoms with E-state index < -0.39 is 0 Å². The van der Waals surface area contributed by atoms with Crippen molar-refractivity contribution in [3.05, 3.63) is 29.5 Å². The van der Waals surface area contributed by atoms with E-state index in [0.717, 1.165) is 49.4 Å². The van der Waals surface area contributed by atoms with Gasteiger partial charge in [-0.25, -0.2) is 24.6 Å². The monoisotopic (exact) mass is 445 g/mol. The molecule has 0 amide bonds. The summed E-state index contributed by atoms with van der Waals surface area (Å²) in [6, 6.07) is 0.0894. The normalized spacial score (nSPS) is 18.6. The number of nitrogen functional groups attached to an aromatic ring is 1. The zero-order chi connectivity index (χ0) is 22.7. The summed E-state index contributed by atoms with van der Waals surface area (Å²) in [5.41, 5.74) is 11.2. The van der Waals surface area contributed by atoms with E-state index in [4.69, 9.17) is 25.3 Å². The van der Waals surface area contributed by atoms with Crippen molar-refractivity contribution in [2.45, 2.75) is 57.9 Å². The molecule has 10 nitrogen and oxygen atoms in total. The largest absolute Gasteiger partial charge is 0.383 e. The van der Waals surface area contributed by atoms with E-state index in [1.165, 1.54) is 11.9 Å². The van der Waals surface area contributed by atoms with Crippen LogP contribution in [0, 0.1) is 6.92 Å². The number of nitrogens with two attached hydrogens (primary N) is 1. The Labute approximate surface area is 191 Å². The summed E-state index contributed by atoms with van der Waals surface area (Å²) < 4.78 is 7.73. The van der Waals surface area contributed by atoms with Crippen molar-refractivity contribution in [3.8, 4) is 22.8 Å². The highest BCUT2D eigenvalue weighted by Crippen LogP contribution is 2.48. The number of nitrogens with zero attached hydrogens (tertiary/aromatic N) is 7. The molecule has 170 valence electrons. The van der Waals surface area contributed by atoms with Crippen LogP contribution >= 0.6 is 0 Å². The molecule has 1 aliphatic carbocycles. The van der Waals surface area contributed by atoms with E-state index in [1.807, 2.05) is 10.9 Å². The summed E-state index contributed by atoms with van der Waals surface area (Å²) in [6.07, 6.45) is 6.67. The molecule has 0 bridgehead atoms. The van der Waals surface area contributed by atoms with Gasteiger partial charge in [-0.15, -0.1) is 0 Å². The minimum atomic E-state index is 0.0894. The summed E-state index contributed by atoms with van der Waals surface area (Å²) in [7, 11) is 0. The molecule has 4 aromatic heterocycles. The van der Waals surface area contributed by atoms with Crippen molar-refractivity contribution in [1.82, 2.24) is 40.2 Å². The van der Waals surface area contributed by atoms with E-state index in [2.05, 4.69) is 41.2 Å². The van der Waals surface area contributed by atoms with Crippen molar-refractivity contribution in [1.29, 1.82) is 0 Å². The van der Waals surface area contributed by atoms with Crippen molar-refractivity contribution in [3.63, 3.8) is 0 Å². The standard InChI is InChI=1S/C23H27N9O/c1-11(2)32-23-17(21(24)27-10-28-23)18(30-32)19-16(20(33-31-19)13-4-5-13)22-26-9-15(12(3)29-22)14-6-7-25-8-14/h9-11,13-14,25H,4-8H2,1-3H3,(H2,24,27,28)/t14-/m0/s1. The first-order valence-corrected chi connectivity index (χ1v) is 11.6. The van der Waals surface area contributed by atoms with Gasteiger partial charge in [0.15, 0.2) is 17.2 Å². The third kappa shape index (κ3) is 3.28. The quantitative estimate of drug-likeness (QED) is 0.474. The number of anilines is 1. The smallest absolute Gasteiger partial charge is 0.165 e. The Balaban J connectivity index is 1.55. The van der Waals surface area contributed by atoms with Gasteiger partial charge in [0, 0.05) is 36.3 Å². The zero-order valence-electron chi connectivity index (χ0n) is 19.0. The summed E-state index contributed by atoms with van der Waals surface area (Å²) in [5, 5.41) is 13.4. The molecule has 1 saturated heterocycles. The third-order valence-electron chi connectivity index (χ3n) is 6.64. The van der Waals surface area contributed by atoms with Gasteiger partial charge in [-0.2, -0.15) is 5.10 Å². The van der Waals surface area contributed by atoms with Crippen LogP contribution in [0.1, 0.15) is 68.0 Å². The van der Waals surface area contributed by atoms with Gasteiger partial charge in [0.2, 0.25) is 0 Å². The van der Waals surface area contributed by atoms with Crippen LogP contribution in [0.25, 0.3) is 33.8 Å². The second-order valence-corrected chi connectivity index (χ2v) is 9.31. The summed E-state index contributed by atoms with van der Waals surface area (Å²) in [4.78, 5) is 18.4. The second kappa shape index (κ2) is 7.58. The molecule has 0 unspecified atom stereocenters. The minimum absolute atomic E-state index is 0.0894. The predicted octanol–water partition coefficient (Wildman–Crippen LogP) is 3.36. The first kappa shape index (κ1) is 20.2. The summed E-state index contributed by atoms with van der Waals surface area (Å²) in [5.74, 6) is 2.58. The number of aryl methyl sites for hydroxylation is 1. The maximum atomic E-state index is 6.29. The number of rotatable bonds is 5. The first-order valence-electron chi connectivity index (χ1n) is 11.6. The fraction of sp³-hybridized carbons (Fsp3) is 0.478. The minimum Gasteiger partial charge on any atom is -0.383 e. The van der Waals surface area contributed by atoms with Crippen LogP contribution in [-0.2, 0) is 0 Å². The molecule has 1 saturated carbocycles. The van der Waals surface area contributed by atoms with Crippen LogP contribution < -0.4 is 11.1 Å². The number of aromatic nitrogens is 7. The molecule has 0 radical (unpaired) electrons. The molecule has 1 aliphatic heterocycles. The van der Waals surface area contributed by atoms with E-state index in [0.29, 0.717) is 45.9 Å². The van der Waals surface area contributed by atoms with Gasteiger partial charge in [0.1, 0.15) is 23.5 Å². The SMILES string of the molecule is Cc1nc(-c2c(-c3nn(C(C)C)c4ncnc(N)c34)noc2C2CC2)ncc1[C@H]1CCNC1. The molecule has 2 aliphatic rings. The lowest BCUT2D eigenvalue weighted by atomic mass is 9.98. The molecule has 33 heavy (non-hydrogen) atoms. The van der Waals surface area contributed by atoms with Gasteiger partial charge >= 0.3 is 0 Å². The lowest BCUT2D eigenvalue weighted by Crippen LogP contribution is -2.10. The van der Waals surface area contributed by atoms with Crippen LogP contribution in [0.4, 0.5) is 5.82 Å². The third-order valence-corrected chi connectivity index (χ3v) is 6.64. The van der Waals surface area contributed by atoms with Crippen molar-refractivity contribution < 1.29 is 4.52 Å². The van der Waals surface area contributed by atoms with E-state index in [-0.39, 0.29) is 6.04 Å². The number of hydrogen-bond acceptors (Lipinski definition) is 9. The van der Waals surface area contributed by atoms with E-state index >= 15 is 0 Å². The Kier molecular flexibility index (Phi) is 4.65. The molecule has 10 heteroatoms. The number of hydrogen-bond donors (Lipinski definition) is 2. The molecule has 0 spiro atoms. The average Bonchev–Trinajstić information content (AvgIpc) is 3.19. The molecule has 0 aromatic carbocycles. The van der Waals surface area contributed by atoms with Gasteiger partial charge in [-0.05, 0) is 52.1 Å². The van der Waals surface area contributed by atoms with E-state index in [9.17, 15) is 0 Å². The molecule has 6 rings (SSSR count). The Morgan fingerprint density at radius 1 is 1.12 bits per heavy atom. The lowest BCUT2D eigenvalue weighted by molar-refractivity contribution is 0.386. The highest BCUT2D eigenvalue weighted by atomic mass is 16.5. The van der Waals surface area contributed by atoms with E-state index in [1.54, 1.807) is 0 Å². The molecule has 1 atom stereocenters. The topological polar surface area (TPSA) is 133 Å². The maximum Gasteiger partial charge on any atom is 0.165 e. The van der Waals surface area contributed by atoms with Gasteiger partial charge in [-0.1, -0.05) is 5.16 Å². The van der Waals surface area contributed by atoms with Crippen molar-refractivity contribution in [2.75, 3.05) is 18.8 Å². The Bertz CT molecular complexity index is 1350. The molecular formula is C23H27N9O. The lowest BCUT2D eigenvalue weighted by Gasteiger charge is -2.12. The fourth-order valence-electron chi connectivity index (χ4n) is 4.74. The maximum absolute atomic E-state index is 6.29. The van der Waals surface area contributed by atoms with Crippen molar-refractivity contribution in [2.24, 2.45) is 0 Å². The molecular weight excluding hydrogens is 418 g/mol. The van der Waals surface area contributed by atoms with Gasteiger partial charge in [-0.3, -0.25) is 0 Å². The highest BCUT2D eigenvalue weighted by Gasteiger charge is 2.36. The van der Waals surface area contributed by atoms with Crippen LogP contribution in [0.15, 0.2) is 17.0 Å². The zero-order valence-corrected chi connectivity index (χ0v) is 19.0. The van der Waals surface area contributed by atoms with Gasteiger partial charge in [0.25, 0.3) is 0 Å². The average molecular weight is 446 g/mol. The number of nitrogens with one attached hydrogen (secondary N) is 1. The second-order valence-electron chi connectivity index (χ2n) is 9.31. The number of fused-ring (bicyclic) bond motifs is 1. The van der Waals surface area contributed by atoms with Gasteiger partial charge in [0.05, 0.1) is 10.9 Å². The summed E-state index contributed by atoms with van der Waals surface area (Å²) >= 11 is 0. The molecule has 2 fully saturated rings. The Morgan fingerprint density at radius 3 is 2.67 bits per heavy atom. The predicted molar refractivity (Wildman–Crippen MR) is 124 cm³/mol. The van der Waals surface area contributed by atoms with Crippen LogP contribution in [0.5, 0.6) is 0 Å². The molecule has 5 heterocycles. The first-order chi connectivity index (χ1) is 16.0. The highest BCUT2D eigenvalue weighted by molar-refractivity contribution is 6.00. The molecule has 4 aromatic rings. The summed E-state index contributed by atoms with van der Waals surface area (Å²) in [6.45, 7) is 8.15. The van der Waals surface area contributed by atoms with Crippen LogP contribution in [0.2, 0.25) is 0 Å². The fourth-order valence-corrected chi connectivity index (χ4v) is 4.74. The van der Waals surface area contributed by atoms with Crippen LogP contribution in [0.3, 0.4) is 0 Å².